The number of anilines is 1. The first kappa shape index (κ1) is 16.0. The number of para-hydroxylation sites is 1. The number of hydrogen-bond acceptors (Lipinski definition) is 3. The van der Waals surface area contributed by atoms with E-state index in [4.69, 9.17) is 6.57 Å². The molecule has 1 unspecified atom stereocenters. The SMILES string of the molecule is [C-]#[N+]C(C#N)c1cccc2c(NC(=O)c3ccccc3O)cccc12. The van der Waals surface area contributed by atoms with Gasteiger partial charge in [0, 0.05) is 11.1 Å². The van der Waals surface area contributed by atoms with Gasteiger partial charge in [0.1, 0.15) is 5.75 Å². The van der Waals surface area contributed by atoms with Crippen molar-refractivity contribution in [2.24, 2.45) is 0 Å². The molecule has 5 nitrogen and oxygen atoms in total. The molecule has 3 aromatic carbocycles. The van der Waals surface area contributed by atoms with E-state index in [9.17, 15) is 15.2 Å². The van der Waals surface area contributed by atoms with Crippen LogP contribution in [0.25, 0.3) is 15.6 Å². The van der Waals surface area contributed by atoms with Crippen LogP contribution in [0.1, 0.15) is 22.0 Å². The molecule has 120 valence electrons. The van der Waals surface area contributed by atoms with Crippen molar-refractivity contribution >= 4 is 22.4 Å². The topological polar surface area (TPSA) is 77.5 Å². The van der Waals surface area contributed by atoms with E-state index in [2.05, 4.69) is 10.2 Å². The molecule has 0 aliphatic rings. The van der Waals surface area contributed by atoms with Crippen molar-refractivity contribution in [1.82, 2.24) is 0 Å². The molecule has 0 bridgehead atoms. The third-order valence-electron chi connectivity index (χ3n) is 3.90. The average molecular weight is 327 g/mol. The summed E-state index contributed by atoms with van der Waals surface area (Å²) in [6.07, 6.45) is 0. The van der Waals surface area contributed by atoms with Crippen LogP contribution >= 0.6 is 0 Å². The Morgan fingerprint density at radius 3 is 2.52 bits per heavy atom. The molecule has 0 saturated carbocycles. The minimum Gasteiger partial charge on any atom is -0.507 e. The second-order valence-corrected chi connectivity index (χ2v) is 5.38. The lowest BCUT2D eigenvalue weighted by Gasteiger charge is -2.11. The Balaban J connectivity index is 2.06. The van der Waals surface area contributed by atoms with Gasteiger partial charge in [-0.05, 0) is 29.7 Å². The number of nitrogens with zero attached hydrogens (tertiary/aromatic N) is 2. The van der Waals surface area contributed by atoms with Crippen molar-refractivity contribution < 1.29 is 9.90 Å². The van der Waals surface area contributed by atoms with Crippen LogP contribution in [0.3, 0.4) is 0 Å². The normalized spacial score (nSPS) is 11.3. The third kappa shape index (κ3) is 2.99. The molecule has 0 fully saturated rings. The Morgan fingerprint density at radius 2 is 1.80 bits per heavy atom. The van der Waals surface area contributed by atoms with Gasteiger partial charge >= 0.3 is 6.04 Å². The summed E-state index contributed by atoms with van der Waals surface area (Å²) in [7, 11) is 0. The molecule has 3 aromatic rings. The molecule has 1 amide bonds. The maximum absolute atomic E-state index is 12.4. The number of carbonyl (C=O) groups is 1. The molecule has 1 atom stereocenters. The van der Waals surface area contributed by atoms with Gasteiger partial charge in [-0.25, -0.2) is 6.57 Å². The fourth-order valence-electron chi connectivity index (χ4n) is 2.70. The van der Waals surface area contributed by atoms with E-state index in [1.807, 2.05) is 18.2 Å². The smallest absolute Gasteiger partial charge is 0.332 e. The van der Waals surface area contributed by atoms with Gasteiger partial charge < -0.3 is 10.4 Å². The van der Waals surface area contributed by atoms with Gasteiger partial charge in [-0.3, -0.25) is 9.64 Å². The summed E-state index contributed by atoms with van der Waals surface area (Å²) in [4.78, 5) is 15.8. The summed E-state index contributed by atoms with van der Waals surface area (Å²) in [5.74, 6) is -0.531. The van der Waals surface area contributed by atoms with Crippen molar-refractivity contribution in [3.63, 3.8) is 0 Å². The number of hydrogen-bond donors (Lipinski definition) is 2. The monoisotopic (exact) mass is 327 g/mol. The van der Waals surface area contributed by atoms with Crippen molar-refractivity contribution in [3.8, 4) is 11.8 Å². The largest absolute Gasteiger partial charge is 0.507 e. The highest BCUT2D eigenvalue weighted by molar-refractivity contribution is 6.10. The second-order valence-electron chi connectivity index (χ2n) is 5.38. The Bertz CT molecular complexity index is 1030. The first-order valence-corrected chi connectivity index (χ1v) is 7.53. The number of phenols is 1. The molecule has 25 heavy (non-hydrogen) atoms. The molecule has 0 aliphatic heterocycles. The van der Waals surface area contributed by atoms with E-state index in [0.29, 0.717) is 11.3 Å². The summed E-state index contributed by atoms with van der Waals surface area (Å²) in [5, 5.41) is 23.2. The molecule has 2 N–H and O–H groups in total. The van der Waals surface area contributed by atoms with Crippen LogP contribution in [0.2, 0.25) is 0 Å². The van der Waals surface area contributed by atoms with Crippen LogP contribution in [0.5, 0.6) is 5.75 Å². The van der Waals surface area contributed by atoms with E-state index in [1.165, 1.54) is 12.1 Å². The van der Waals surface area contributed by atoms with Crippen molar-refractivity contribution in [2.45, 2.75) is 6.04 Å². The molecule has 3 rings (SSSR count). The molecule has 0 aromatic heterocycles. The molecule has 5 heteroatoms. The highest BCUT2D eigenvalue weighted by Crippen LogP contribution is 2.31. The Morgan fingerprint density at radius 1 is 1.08 bits per heavy atom. The molecule has 0 saturated heterocycles. The number of benzene rings is 3. The predicted octanol–water partition coefficient (Wildman–Crippen LogP) is 4.28. The minimum atomic E-state index is -0.896. The van der Waals surface area contributed by atoms with Gasteiger partial charge in [0.05, 0.1) is 11.1 Å². The zero-order chi connectivity index (χ0) is 17.8. The van der Waals surface area contributed by atoms with E-state index in [-0.39, 0.29) is 11.3 Å². The lowest BCUT2D eigenvalue weighted by atomic mass is 9.98. The third-order valence-corrected chi connectivity index (χ3v) is 3.90. The van der Waals surface area contributed by atoms with Gasteiger partial charge in [-0.15, -0.1) is 0 Å². The van der Waals surface area contributed by atoms with Crippen LogP contribution < -0.4 is 5.32 Å². The molecule has 0 radical (unpaired) electrons. The van der Waals surface area contributed by atoms with Crippen LogP contribution in [-0.2, 0) is 0 Å². The highest BCUT2D eigenvalue weighted by Gasteiger charge is 2.19. The second kappa shape index (κ2) is 6.74. The van der Waals surface area contributed by atoms with Crippen molar-refractivity contribution in [2.75, 3.05) is 5.32 Å². The number of rotatable bonds is 3. The number of phenolic OH excluding ortho intramolecular Hbond substituents is 1. The minimum absolute atomic E-state index is 0.0986. The molecule has 0 heterocycles. The molecular formula is C20H13N3O2. The summed E-state index contributed by atoms with van der Waals surface area (Å²) in [6.45, 7) is 7.18. The highest BCUT2D eigenvalue weighted by atomic mass is 16.3. The zero-order valence-corrected chi connectivity index (χ0v) is 13.1. The first-order valence-electron chi connectivity index (χ1n) is 7.53. The van der Waals surface area contributed by atoms with Crippen LogP contribution in [0, 0.1) is 17.9 Å². The predicted molar refractivity (Wildman–Crippen MR) is 95.0 cm³/mol. The summed E-state index contributed by atoms with van der Waals surface area (Å²) in [5.41, 5.74) is 1.33. The van der Waals surface area contributed by atoms with E-state index < -0.39 is 11.9 Å². The molecule has 0 aliphatic carbocycles. The average Bonchev–Trinajstić information content (AvgIpc) is 2.63. The van der Waals surface area contributed by atoms with E-state index in [0.717, 1.165) is 10.8 Å². The Hall–Kier alpha value is -3.83. The fraction of sp³-hybridized carbons (Fsp3) is 0.0500. The fourth-order valence-corrected chi connectivity index (χ4v) is 2.70. The quantitative estimate of drug-likeness (QED) is 0.705. The molecule has 0 spiro atoms. The van der Waals surface area contributed by atoms with Gasteiger partial charge in [-0.1, -0.05) is 36.4 Å². The van der Waals surface area contributed by atoms with Crippen LogP contribution in [0.4, 0.5) is 5.69 Å². The van der Waals surface area contributed by atoms with Gasteiger partial charge in [0.2, 0.25) is 0 Å². The lowest BCUT2D eigenvalue weighted by molar-refractivity contribution is 0.102. The maximum Gasteiger partial charge on any atom is 0.332 e. The Labute approximate surface area is 144 Å². The number of fused-ring (bicyclic) bond motifs is 1. The standard InChI is InChI=1S/C20H13N3O2/c1-22-18(12-21)15-9-4-8-14-13(15)7-5-10-17(14)23-20(25)16-6-2-3-11-19(16)24/h2-11,18,24H,(H,23,25). The Kier molecular flexibility index (Phi) is 4.32. The van der Waals surface area contributed by atoms with Crippen molar-refractivity contribution in [1.29, 1.82) is 5.26 Å². The van der Waals surface area contributed by atoms with Crippen molar-refractivity contribution in [3.05, 3.63) is 83.2 Å². The van der Waals surface area contributed by atoms with Crippen LogP contribution in [-0.4, -0.2) is 11.0 Å². The molecular weight excluding hydrogens is 314 g/mol. The van der Waals surface area contributed by atoms with Gasteiger partial charge in [0.25, 0.3) is 5.91 Å². The van der Waals surface area contributed by atoms with Gasteiger partial charge in [-0.2, -0.15) is 5.26 Å². The van der Waals surface area contributed by atoms with E-state index >= 15 is 0 Å². The first-order chi connectivity index (χ1) is 12.2. The summed E-state index contributed by atoms with van der Waals surface area (Å²) >= 11 is 0. The number of nitriles is 1. The maximum atomic E-state index is 12.4. The summed E-state index contributed by atoms with van der Waals surface area (Å²) in [6, 6.07) is 18.0. The summed E-state index contributed by atoms with van der Waals surface area (Å²) < 4.78 is 0. The number of nitrogens with one attached hydrogen (secondary N) is 1. The number of amides is 1. The number of aromatic hydroxyl groups is 1. The van der Waals surface area contributed by atoms with Crippen LogP contribution in [0.15, 0.2) is 60.7 Å². The van der Waals surface area contributed by atoms with Gasteiger partial charge in [0.15, 0.2) is 6.07 Å². The van der Waals surface area contributed by atoms with E-state index in [1.54, 1.807) is 36.4 Å². The number of carbonyl (C=O) groups excluding carboxylic acids is 1. The lowest BCUT2D eigenvalue weighted by Crippen LogP contribution is -2.12. The zero-order valence-electron chi connectivity index (χ0n) is 13.1.